The van der Waals surface area contributed by atoms with E-state index in [9.17, 15) is 4.79 Å². The molecule has 1 atom stereocenters. The van der Waals surface area contributed by atoms with E-state index in [0.717, 1.165) is 0 Å². The molecule has 1 aromatic rings. The number of ether oxygens (including phenoxy) is 1. The topological polar surface area (TPSA) is 55.6 Å². The first-order valence-electron chi connectivity index (χ1n) is 5.87. The number of carbonyl (C=O) groups excluding carboxylic acids is 1. The first-order valence-corrected chi connectivity index (χ1v) is 6.24. The molecule has 0 aliphatic rings. The maximum atomic E-state index is 11.8. The Labute approximate surface area is 118 Å². The average Bonchev–Trinajstić information content (AvgIpc) is 2.38. The van der Waals surface area contributed by atoms with Gasteiger partial charge in [0, 0.05) is 18.5 Å². The predicted octanol–water partition coefficient (Wildman–Crippen LogP) is 1.53. The quantitative estimate of drug-likeness (QED) is 0.804. The number of carbonyl (C=O) groups is 1. The summed E-state index contributed by atoms with van der Waals surface area (Å²) in [4.78, 5) is 13.3. The minimum Gasteiger partial charge on any atom is -0.492 e. The Morgan fingerprint density at radius 3 is 3.00 bits per heavy atom. The minimum atomic E-state index is -0.652. The van der Waals surface area contributed by atoms with Crippen molar-refractivity contribution in [1.82, 2.24) is 4.90 Å². The summed E-state index contributed by atoms with van der Waals surface area (Å²) in [5.41, 5.74) is 5.64. The van der Waals surface area contributed by atoms with Gasteiger partial charge in [-0.05, 0) is 18.2 Å². The van der Waals surface area contributed by atoms with Gasteiger partial charge in [-0.15, -0.1) is 12.3 Å². The molecule has 0 fully saturated rings. The zero-order valence-electron chi connectivity index (χ0n) is 10.8. The first-order chi connectivity index (χ1) is 9.04. The summed E-state index contributed by atoms with van der Waals surface area (Å²) in [5, 5.41) is 0.609. The van der Waals surface area contributed by atoms with Crippen LogP contribution in [0.5, 0.6) is 5.75 Å². The number of hydrogen-bond acceptors (Lipinski definition) is 3. The van der Waals surface area contributed by atoms with Gasteiger partial charge in [-0.25, -0.2) is 0 Å². The van der Waals surface area contributed by atoms with Crippen LogP contribution in [0.15, 0.2) is 24.3 Å². The van der Waals surface area contributed by atoms with Gasteiger partial charge in [-0.3, -0.25) is 4.79 Å². The summed E-state index contributed by atoms with van der Waals surface area (Å²) in [6.45, 7) is 0.801. The fraction of sp³-hybridized carbons (Fsp3) is 0.357. The monoisotopic (exact) mass is 280 g/mol. The normalized spacial score (nSPS) is 11.5. The van der Waals surface area contributed by atoms with E-state index in [1.54, 1.807) is 31.3 Å². The smallest absolute Gasteiger partial charge is 0.240 e. The van der Waals surface area contributed by atoms with Crippen LogP contribution in [0.4, 0.5) is 0 Å². The molecule has 19 heavy (non-hydrogen) atoms. The molecule has 4 nitrogen and oxygen atoms in total. The van der Waals surface area contributed by atoms with Gasteiger partial charge in [0.1, 0.15) is 12.4 Å². The third-order valence-electron chi connectivity index (χ3n) is 2.52. The molecule has 0 spiro atoms. The van der Waals surface area contributed by atoms with Gasteiger partial charge < -0.3 is 15.4 Å². The van der Waals surface area contributed by atoms with E-state index in [0.29, 0.717) is 23.9 Å². The Bertz CT molecular complexity index is 471. The summed E-state index contributed by atoms with van der Waals surface area (Å²) in [6, 6.07) is 6.44. The number of amides is 1. The molecule has 2 N–H and O–H groups in total. The fourth-order valence-corrected chi connectivity index (χ4v) is 1.65. The molecule has 1 rings (SSSR count). The largest absolute Gasteiger partial charge is 0.492 e. The number of nitrogens with two attached hydrogens (primary N) is 1. The highest BCUT2D eigenvalue weighted by atomic mass is 35.5. The van der Waals surface area contributed by atoms with Crippen LogP contribution >= 0.6 is 11.6 Å². The van der Waals surface area contributed by atoms with Crippen molar-refractivity contribution >= 4 is 17.5 Å². The van der Waals surface area contributed by atoms with E-state index in [1.165, 1.54) is 4.90 Å². The lowest BCUT2D eigenvalue weighted by Gasteiger charge is -2.20. The molecule has 0 bridgehead atoms. The molecule has 102 valence electrons. The molecule has 0 radical (unpaired) electrons. The Balaban J connectivity index is 2.37. The molecular weight excluding hydrogens is 264 g/mol. The number of hydrogen-bond donors (Lipinski definition) is 1. The highest BCUT2D eigenvalue weighted by Crippen LogP contribution is 2.16. The van der Waals surface area contributed by atoms with E-state index < -0.39 is 6.04 Å². The van der Waals surface area contributed by atoms with Gasteiger partial charge in [-0.1, -0.05) is 17.7 Å². The maximum Gasteiger partial charge on any atom is 0.240 e. The lowest BCUT2D eigenvalue weighted by atomic mass is 10.2. The fourth-order valence-electron chi connectivity index (χ4n) is 1.46. The van der Waals surface area contributed by atoms with Gasteiger partial charge >= 0.3 is 0 Å². The van der Waals surface area contributed by atoms with Gasteiger partial charge in [-0.2, -0.15) is 0 Å². The maximum absolute atomic E-state index is 11.8. The van der Waals surface area contributed by atoms with Crippen LogP contribution < -0.4 is 10.5 Å². The Morgan fingerprint density at radius 2 is 2.37 bits per heavy atom. The van der Waals surface area contributed by atoms with E-state index in [-0.39, 0.29) is 12.3 Å². The third kappa shape index (κ3) is 5.21. The van der Waals surface area contributed by atoms with Crippen molar-refractivity contribution in [2.75, 3.05) is 20.2 Å². The molecule has 0 aromatic heterocycles. The number of rotatable bonds is 6. The van der Waals surface area contributed by atoms with Crippen molar-refractivity contribution in [3.8, 4) is 18.1 Å². The summed E-state index contributed by atoms with van der Waals surface area (Å²) >= 11 is 5.83. The molecule has 1 unspecified atom stereocenters. The second-order valence-electron chi connectivity index (χ2n) is 4.08. The van der Waals surface area contributed by atoms with Gasteiger partial charge in [0.25, 0.3) is 0 Å². The van der Waals surface area contributed by atoms with Gasteiger partial charge in [0.15, 0.2) is 0 Å². The summed E-state index contributed by atoms with van der Waals surface area (Å²) in [5.74, 6) is 2.85. The summed E-state index contributed by atoms with van der Waals surface area (Å²) in [7, 11) is 1.67. The number of terminal acetylenes is 1. The summed E-state index contributed by atoms with van der Waals surface area (Å²) in [6.07, 6.45) is 5.35. The summed E-state index contributed by atoms with van der Waals surface area (Å²) < 4.78 is 5.49. The minimum absolute atomic E-state index is 0.187. The van der Waals surface area contributed by atoms with Crippen molar-refractivity contribution < 1.29 is 9.53 Å². The van der Waals surface area contributed by atoms with Crippen LogP contribution in [0.25, 0.3) is 0 Å². The van der Waals surface area contributed by atoms with Crippen LogP contribution in [-0.2, 0) is 4.79 Å². The van der Waals surface area contributed by atoms with E-state index in [1.807, 2.05) is 0 Å². The third-order valence-corrected chi connectivity index (χ3v) is 2.76. The zero-order chi connectivity index (χ0) is 14.3. The van der Waals surface area contributed by atoms with Crippen LogP contribution in [0.3, 0.4) is 0 Å². The second kappa shape index (κ2) is 7.67. The molecule has 0 heterocycles. The van der Waals surface area contributed by atoms with Gasteiger partial charge in [0.05, 0.1) is 12.6 Å². The average molecular weight is 281 g/mol. The van der Waals surface area contributed by atoms with Crippen LogP contribution in [0.2, 0.25) is 5.02 Å². The zero-order valence-corrected chi connectivity index (χ0v) is 11.6. The molecule has 0 aliphatic carbocycles. The Kier molecular flexibility index (Phi) is 6.20. The lowest BCUT2D eigenvalue weighted by Crippen LogP contribution is -2.43. The molecule has 1 amide bonds. The molecule has 0 saturated carbocycles. The highest BCUT2D eigenvalue weighted by Gasteiger charge is 2.16. The van der Waals surface area contributed by atoms with Crippen LogP contribution in [0, 0.1) is 12.3 Å². The molecule has 0 saturated heterocycles. The highest BCUT2D eigenvalue weighted by molar-refractivity contribution is 6.30. The number of likely N-dealkylation sites (N-methyl/N-ethyl adjacent to an activating group) is 1. The first kappa shape index (κ1) is 15.4. The Morgan fingerprint density at radius 1 is 1.63 bits per heavy atom. The lowest BCUT2D eigenvalue weighted by molar-refractivity contribution is -0.131. The van der Waals surface area contributed by atoms with Crippen LogP contribution in [-0.4, -0.2) is 37.0 Å². The molecular formula is C14H17ClN2O2. The van der Waals surface area contributed by atoms with Crippen molar-refractivity contribution in [3.63, 3.8) is 0 Å². The van der Waals surface area contributed by atoms with Crippen molar-refractivity contribution in [3.05, 3.63) is 29.3 Å². The van der Waals surface area contributed by atoms with Crippen molar-refractivity contribution in [2.45, 2.75) is 12.5 Å². The molecule has 5 heteroatoms. The number of nitrogens with zero attached hydrogens (tertiary/aromatic N) is 1. The van der Waals surface area contributed by atoms with Crippen molar-refractivity contribution in [2.24, 2.45) is 5.73 Å². The van der Waals surface area contributed by atoms with Crippen LogP contribution in [0.1, 0.15) is 6.42 Å². The van der Waals surface area contributed by atoms with E-state index in [4.69, 9.17) is 28.5 Å². The van der Waals surface area contributed by atoms with E-state index in [2.05, 4.69) is 5.92 Å². The number of benzene rings is 1. The predicted molar refractivity (Wildman–Crippen MR) is 76.0 cm³/mol. The second-order valence-corrected chi connectivity index (χ2v) is 4.52. The molecule has 1 aromatic carbocycles. The SMILES string of the molecule is C#CCC(N)C(=O)N(C)CCOc1cccc(Cl)c1. The standard InChI is InChI=1S/C14H17ClN2O2/c1-3-5-13(16)14(18)17(2)8-9-19-12-7-4-6-11(15)10-12/h1,4,6-7,10,13H,5,8-9,16H2,2H3. The van der Waals surface area contributed by atoms with E-state index >= 15 is 0 Å². The Hall–Kier alpha value is -1.70. The number of halogens is 1. The van der Waals surface area contributed by atoms with Crippen molar-refractivity contribution in [1.29, 1.82) is 0 Å². The van der Waals surface area contributed by atoms with Gasteiger partial charge in [0.2, 0.25) is 5.91 Å². The molecule has 0 aliphatic heterocycles.